The fourth-order valence-corrected chi connectivity index (χ4v) is 1.91. The molecule has 1 aromatic heterocycles. The SMILES string of the molecule is Cc1occc1C(O)CC1CCC1. The van der Waals surface area contributed by atoms with Gasteiger partial charge in [0.05, 0.1) is 12.4 Å². The standard InChI is InChI=1S/C11H16O2/c1-8-10(5-6-13-8)11(12)7-9-3-2-4-9/h5-6,9,11-12H,2-4,7H2,1H3. The number of hydrogen-bond donors (Lipinski definition) is 1. The van der Waals surface area contributed by atoms with Gasteiger partial charge in [-0.15, -0.1) is 0 Å². The van der Waals surface area contributed by atoms with Crippen molar-refractivity contribution in [3.63, 3.8) is 0 Å². The van der Waals surface area contributed by atoms with Gasteiger partial charge in [0.2, 0.25) is 0 Å². The minimum atomic E-state index is -0.316. The van der Waals surface area contributed by atoms with Crippen molar-refractivity contribution in [2.75, 3.05) is 0 Å². The summed E-state index contributed by atoms with van der Waals surface area (Å²) in [4.78, 5) is 0. The third-order valence-electron chi connectivity index (χ3n) is 3.04. The highest BCUT2D eigenvalue weighted by atomic mass is 16.3. The van der Waals surface area contributed by atoms with Gasteiger partial charge in [0, 0.05) is 5.56 Å². The van der Waals surface area contributed by atoms with E-state index >= 15 is 0 Å². The van der Waals surface area contributed by atoms with Crippen LogP contribution in [0, 0.1) is 12.8 Å². The second-order valence-electron chi connectivity index (χ2n) is 3.98. The minimum Gasteiger partial charge on any atom is -0.469 e. The van der Waals surface area contributed by atoms with Crippen LogP contribution in [0.5, 0.6) is 0 Å². The second kappa shape index (κ2) is 3.54. The number of aryl methyl sites for hydroxylation is 1. The first-order chi connectivity index (χ1) is 6.27. The predicted molar refractivity (Wildman–Crippen MR) is 50.4 cm³/mol. The Hall–Kier alpha value is -0.760. The summed E-state index contributed by atoms with van der Waals surface area (Å²) in [6, 6.07) is 1.87. The molecule has 1 heterocycles. The van der Waals surface area contributed by atoms with Crippen molar-refractivity contribution in [1.29, 1.82) is 0 Å². The molecule has 1 aliphatic rings. The van der Waals surface area contributed by atoms with E-state index in [-0.39, 0.29) is 6.10 Å². The average Bonchev–Trinajstić information content (AvgIpc) is 2.43. The van der Waals surface area contributed by atoms with Gasteiger partial charge in [-0.3, -0.25) is 0 Å². The summed E-state index contributed by atoms with van der Waals surface area (Å²) in [5.74, 6) is 1.59. The molecule has 2 nitrogen and oxygen atoms in total. The highest BCUT2D eigenvalue weighted by Gasteiger charge is 2.23. The lowest BCUT2D eigenvalue weighted by Crippen LogP contribution is -2.14. The van der Waals surface area contributed by atoms with Gasteiger partial charge in [-0.1, -0.05) is 19.3 Å². The van der Waals surface area contributed by atoms with Crippen LogP contribution >= 0.6 is 0 Å². The van der Waals surface area contributed by atoms with E-state index in [1.165, 1.54) is 19.3 Å². The van der Waals surface area contributed by atoms with Gasteiger partial charge in [-0.05, 0) is 25.3 Å². The molecule has 2 rings (SSSR count). The number of furan rings is 1. The van der Waals surface area contributed by atoms with Gasteiger partial charge in [-0.25, -0.2) is 0 Å². The zero-order valence-electron chi connectivity index (χ0n) is 7.99. The fraction of sp³-hybridized carbons (Fsp3) is 0.636. The Bertz CT molecular complexity index is 273. The van der Waals surface area contributed by atoms with E-state index in [1.807, 2.05) is 13.0 Å². The van der Waals surface area contributed by atoms with Crippen molar-refractivity contribution in [1.82, 2.24) is 0 Å². The Kier molecular flexibility index (Phi) is 2.40. The van der Waals surface area contributed by atoms with E-state index < -0.39 is 0 Å². The van der Waals surface area contributed by atoms with Crippen LogP contribution < -0.4 is 0 Å². The van der Waals surface area contributed by atoms with Crippen molar-refractivity contribution >= 4 is 0 Å². The Morgan fingerprint density at radius 1 is 1.62 bits per heavy atom. The molecule has 0 saturated heterocycles. The van der Waals surface area contributed by atoms with Crippen molar-refractivity contribution < 1.29 is 9.52 Å². The van der Waals surface area contributed by atoms with Crippen molar-refractivity contribution in [2.45, 2.75) is 38.7 Å². The zero-order chi connectivity index (χ0) is 9.26. The molecule has 1 fully saturated rings. The van der Waals surface area contributed by atoms with Crippen molar-refractivity contribution in [2.24, 2.45) is 5.92 Å². The molecule has 72 valence electrons. The quantitative estimate of drug-likeness (QED) is 0.776. The van der Waals surface area contributed by atoms with Crippen LogP contribution in [-0.2, 0) is 0 Å². The lowest BCUT2D eigenvalue weighted by atomic mass is 9.80. The maximum Gasteiger partial charge on any atom is 0.106 e. The molecule has 13 heavy (non-hydrogen) atoms. The maximum absolute atomic E-state index is 9.87. The monoisotopic (exact) mass is 180 g/mol. The van der Waals surface area contributed by atoms with E-state index in [0.29, 0.717) is 0 Å². The predicted octanol–water partition coefficient (Wildman–Crippen LogP) is 2.81. The number of aliphatic hydroxyl groups excluding tert-OH is 1. The molecule has 0 amide bonds. The molecule has 1 aromatic rings. The van der Waals surface area contributed by atoms with Gasteiger partial charge in [0.1, 0.15) is 5.76 Å². The van der Waals surface area contributed by atoms with Gasteiger partial charge in [0.25, 0.3) is 0 Å². The first-order valence-corrected chi connectivity index (χ1v) is 4.99. The van der Waals surface area contributed by atoms with E-state index in [2.05, 4.69) is 0 Å². The van der Waals surface area contributed by atoms with Gasteiger partial charge in [0.15, 0.2) is 0 Å². The topological polar surface area (TPSA) is 33.4 Å². The lowest BCUT2D eigenvalue weighted by Gasteiger charge is -2.27. The fourth-order valence-electron chi connectivity index (χ4n) is 1.91. The van der Waals surface area contributed by atoms with Crippen LogP contribution in [0.4, 0.5) is 0 Å². The molecular formula is C11H16O2. The van der Waals surface area contributed by atoms with Gasteiger partial charge < -0.3 is 9.52 Å². The first kappa shape index (κ1) is 8.82. The second-order valence-corrected chi connectivity index (χ2v) is 3.98. The summed E-state index contributed by atoms with van der Waals surface area (Å²) < 4.78 is 5.16. The van der Waals surface area contributed by atoms with E-state index in [9.17, 15) is 5.11 Å². The maximum atomic E-state index is 9.87. The number of rotatable bonds is 3. The highest BCUT2D eigenvalue weighted by Crippen LogP contribution is 2.35. The molecule has 2 heteroatoms. The first-order valence-electron chi connectivity index (χ1n) is 4.99. The highest BCUT2D eigenvalue weighted by molar-refractivity contribution is 5.18. The largest absolute Gasteiger partial charge is 0.469 e. The van der Waals surface area contributed by atoms with Crippen molar-refractivity contribution in [3.05, 3.63) is 23.7 Å². The molecule has 1 unspecified atom stereocenters. The summed E-state index contributed by atoms with van der Waals surface area (Å²) in [7, 11) is 0. The molecule has 0 bridgehead atoms. The third-order valence-corrected chi connectivity index (χ3v) is 3.04. The molecule has 1 N–H and O–H groups in total. The summed E-state index contributed by atoms with van der Waals surface area (Å²) in [5.41, 5.74) is 0.965. The van der Waals surface area contributed by atoms with Crippen LogP contribution in [0.2, 0.25) is 0 Å². The van der Waals surface area contributed by atoms with Crippen LogP contribution in [0.25, 0.3) is 0 Å². The van der Waals surface area contributed by atoms with Crippen molar-refractivity contribution in [3.8, 4) is 0 Å². The Morgan fingerprint density at radius 2 is 2.38 bits per heavy atom. The van der Waals surface area contributed by atoms with E-state index in [0.717, 1.165) is 23.7 Å². The molecule has 0 aliphatic heterocycles. The Balaban J connectivity index is 1.96. The van der Waals surface area contributed by atoms with Crippen LogP contribution in [0.3, 0.4) is 0 Å². The van der Waals surface area contributed by atoms with E-state index in [4.69, 9.17) is 4.42 Å². The zero-order valence-corrected chi connectivity index (χ0v) is 7.99. The smallest absolute Gasteiger partial charge is 0.106 e. The van der Waals surface area contributed by atoms with E-state index in [1.54, 1.807) is 6.26 Å². The normalized spacial score (nSPS) is 19.8. The molecule has 1 atom stereocenters. The third kappa shape index (κ3) is 1.78. The summed E-state index contributed by atoms with van der Waals surface area (Å²) in [5, 5.41) is 9.87. The lowest BCUT2D eigenvalue weighted by molar-refractivity contribution is 0.117. The Labute approximate surface area is 78.6 Å². The van der Waals surface area contributed by atoms with Gasteiger partial charge in [-0.2, -0.15) is 0 Å². The number of hydrogen-bond acceptors (Lipinski definition) is 2. The number of aliphatic hydroxyl groups is 1. The molecule has 0 radical (unpaired) electrons. The minimum absolute atomic E-state index is 0.316. The van der Waals surface area contributed by atoms with Crippen LogP contribution in [0.15, 0.2) is 16.7 Å². The summed E-state index contributed by atoms with van der Waals surface area (Å²) in [6.07, 6.45) is 6.14. The average molecular weight is 180 g/mol. The molecule has 0 spiro atoms. The summed E-state index contributed by atoms with van der Waals surface area (Å²) in [6.45, 7) is 1.90. The van der Waals surface area contributed by atoms with Gasteiger partial charge >= 0.3 is 0 Å². The molecule has 1 saturated carbocycles. The molecule has 1 aliphatic carbocycles. The Morgan fingerprint density at radius 3 is 2.85 bits per heavy atom. The molecular weight excluding hydrogens is 164 g/mol. The van der Waals surface area contributed by atoms with Crippen LogP contribution in [0.1, 0.15) is 43.1 Å². The summed E-state index contributed by atoms with van der Waals surface area (Å²) >= 11 is 0. The molecule has 0 aromatic carbocycles. The van der Waals surface area contributed by atoms with Crippen LogP contribution in [-0.4, -0.2) is 5.11 Å².